The van der Waals surface area contributed by atoms with Crippen molar-refractivity contribution in [2.24, 2.45) is 4.99 Å². The summed E-state index contributed by atoms with van der Waals surface area (Å²) in [5.41, 5.74) is -1.34. The first kappa shape index (κ1) is 23.5. The number of halogens is 7. The monoisotopic (exact) mass is 524 g/mol. The second-order valence-electron chi connectivity index (χ2n) is 5.10. The van der Waals surface area contributed by atoms with E-state index in [0.29, 0.717) is 5.56 Å². The van der Waals surface area contributed by atoms with Crippen molar-refractivity contribution in [1.82, 2.24) is 15.6 Å². The summed E-state index contributed by atoms with van der Waals surface area (Å²) in [5, 5.41) is 6.68. The zero-order valence-corrected chi connectivity index (χ0v) is 16.9. The molecule has 2 N–H and O–H groups in total. The van der Waals surface area contributed by atoms with E-state index in [-0.39, 0.29) is 48.0 Å². The average Bonchev–Trinajstić information content (AvgIpc) is 3.04. The van der Waals surface area contributed by atoms with Crippen LogP contribution in [-0.4, -0.2) is 18.0 Å². The predicted octanol–water partition coefficient (Wildman–Crippen LogP) is 4.66. The average molecular weight is 524 g/mol. The molecule has 0 aliphatic heterocycles. The number of aliphatic imine (C=N–C) groups is 1. The van der Waals surface area contributed by atoms with Gasteiger partial charge in [-0.1, -0.05) is 12.1 Å². The Bertz CT molecular complexity index is 772. The molecule has 150 valence electrons. The molecule has 4 nitrogen and oxygen atoms in total. The number of rotatable bonds is 4. The molecule has 0 aliphatic carbocycles. The lowest BCUT2D eigenvalue weighted by Gasteiger charge is -2.12. The smallest absolute Gasteiger partial charge is 0.352 e. The van der Waals surface area contributed by atoms with Crippen molar-refractivity contribution in [3.63, 3.8) is 0 Å². The van der Waals surface area contributed by atoms with Gasteiger partial charge >= 0.3 is 12.4 Å². The Labute approximate surface area is 172 Å². The highest BCUT2D eigenvalue weighted by Gasteiger charge is 2.33. The van der Waals surface area contributed by atoms with Gasteiger partial charge in [0.1, 0.15) is 5.01 Å². The van der Waals surface area contributed by atoms with Gasteiger partial charge in [0, 0.05) is 19.0 Å². The minimum Gasteiger partial charge on any atom is -0.352 e. The van der Waals surface area contributed by atoms with Gasteiger partial charge in [0.15, 0.2) is 11.7 Å². The van der Waals surface area contributed by atoms with Crippen molar-refractivity contribution in [2.75, 3.05) is 7.05 Å². The Kier molecular flexibility index (Phi) is 8.32. The van der Waals surface area contributed by atoms with Crippen LogP contribution in [0.4, 0.5) is 26.3 Å². The summed E-state index contributed by atoms with van der Waals surface area (Å²) in [7, 11) is 1.43. The van der Waals surface area contributed by atoms with E-state index in [0.717, 1.165) is 28.8 Å². The van der Waals surface area contributed by atoms with E-state index < -0.39 is 23.6 Å². The largest absolute Gasteiger partial charge is 0.434 e. The maximum atomic E-state index is 12.7. The minimum absolute atomic E-state index is 0. The Hall–Kier alpha value is -1.57. The first-order valence-electron chi connectivity index (χ1n) is 7.22. The summed E-state index contributed by atoms with van der Waals surface area (Å²) >= 11 is 0.847. The normalized spacial score (nSPS) is 12.5. The van der Waals surface area contributed by atoms with Crippen LogP contribution in [0.1, 0.15) is 21.8 Å². The van der Waals surface area contributed by atoms with E-state index in [4.69, 9.17) is 0 Å². The molecule has 0 saturated heterocycles. The predicted molar refractivity (Wildman–Crippen MR) is 101 cm³/mol. The van der Waals surface area contributed by atoms with Crippen molar-refractivity contribution in [2.45, 2.75) is 25.4 Å². The lowest BCUT2D eigenvalue weighted by atomic mass is 10.1. The zero-order chi connectivity index (χ0) is 19.4. The molecule has 1 aromatic heterocycles. The number of thiazole rings is 1. The Morgan fingerprint density at radius 1 is 1.07 bits per heavy atom. The molecule has 12 heteroatoms. The van der Waals surface area contributed by atoms with Crippen LogP contribution in [0.5, 0.6) is 0 Å². The molecule has 0 saturated carbocycles. The Balaban J connectivity index is 0.00000364. The van der Waals surface area contributed by atoms with Gasteiger partial charge in [-0.3, -0.25) is 4.99 Å². The molecule has 0 amide bonds. The van der Waals surface area contributed by atoms with Crippen LogP contribution < -0.4 is 10.6 Å². The minimum atomic E-state index is -4.50. The van der Waals surface area contributed by atoms with E-state index >= 15 is 0 Å². The second-order valence-corrected chi connectivity index (χ2v) is 6.04. The van der Waals surface area contributed by atoms with Gasteiger partial charge in [0.2, 0.25) is 0 Å². The van der Waals surface area contributed by atoms with Gasteiger partial charge in [0.25, 0.3) is 0 Å². The van der Waals surface area contributed by atoms with Gasteiger partial charge in [-0.05, 0) is 17.7 Å². The first-order valence-corrected chi connectivity index (χ1v) is 8.10. The third kappa shape index (κ3) is 7.16. The maximum Gasteiger partial charge on any atom is 0.434 e. The zero-order valence-electron chi connectivity index (χ0n) is 13.8. The molecular weight excluding hydrogens is 509 g/mol. The highest BCUT2D eigenvalue weighted by Crippen LogP contribution is 2.30. The van der Waals surface area contributed by atoms with Crippen molar-refractivity contribution in [3.05, 3.63) is 51.5 Å². The molecule has 0 bridgehead atoms. The van der Waals surface area contributed by atoms with Gasteiger partial charge in [-0.2, -0.15) is 26.3 Å². The molecule has 1 aromatic carbocycles. The van der Waals surface area contributed by atoms with Crippen molar-refractivity contribution >= 4 is 41.3 Å². The molecule has 0 radical (unpaired) electrons. The lowest BCUT2D eigenvalue weighted by Crippen LogP contribution is -2.36. The van der Waals surface area contributed by atoms with E-state index in [1.54, 1.807) is 0 Å². The fourth-order valence-electron chi connectivity index (χ4n) is 1.95. The van der Waals surface area contributed by atoms with E-state index in [2.05, 4.69) is 20.6 Å². The number of benzene rings is 1. The third-order valence-corrected chi connectivity index (χ3v) is 4.04. The fraction of sp³-hybridized carbons (Fsp3) is 0.333. The molecule has 1 heterocycles. The van der Waals surface area contributed by atoms with Gasteiger partial charge in [-0.15, -0.1) is 35.3 Å². The molecule has 0 aliphatic rings. The number of alkyl halides is 6. The van der Waals surface area contributed by atoms with Gasteiger partial charge in [-0.25, -0.2) is 4.98 Å². The van der Waals surface area contributed by atoms with E-state index in [1.807, 2.05) is 0 Å². The van der Waals surface area contributed by atoms with Crippen molar-refractivity contribution < 1.29 is 26.3 Å². The highest BCUT2D eigenvalue weighted by molar-refractivity contribution is 14.0. The molecule has 27 heavy (non-hydrogen) atoms. The molecule has 0 atom stereocenters. The number of nitrogens with one attached hydrogen (secondary N) is 2. The van der Waals surface area contributed by atoms with Gasteiger partial charge in [0.05, 0.1) is 12.1 Å². The summed E-state index contributed by atoms with van der Waals surface area (Å²) in [4.78, 5) is 7.34. The second kappa shape index (κ2) is 9.57. The standard InChI is InChI=1S/C15H14F6N4S.HI/c1-22-13(24-7-12-25-11(8-26-12)15(19,20)21)23-6-9-3-2-4-10(5-9)14(16,17)18;/h2-5,8H,6-7H2,1H3,(H2,22,23,24);1H. The molecule has 2 aromatic rings. The van der Waals surface area contributed by atoms with Crippen LogP contribution in [0, 0.1) is 0 Å². The molecule has 0 unspecified atom stereocenters. The maximum absolute atomic E-state index is 12.7. The summed E-state index contributed by atoms with van der Waals surface area (Å²) in [6.07, 6.45) is -8.94. The summed E-state index contributed by atoms with van der Waals surface area (Å²) < 4.78 is 75.6. The number of hydrogen-bond acceptors (Lipinski definition) is 3. The number of hydrogen-bond donors (Lipinski definition) is 2. The van der Waals surface area contributed by atoms with Gasteiger partial charge < -0.3 is 10.6 Å². The SMILES string of the molecule is CN=C(NCc1cccc(C(F)(F)F)c1)NCc1nc(C(F)(F)F)cs1.I. The van der Waals surface area contributed by atoms with Crippen LogP contribution in [-0.2, 0) is 25.4 Å². The van der Waals surface area contributed by atoms with Crippen molar-refractivity contribution in [3.8, 4) is 0 Å². The molecule has 0 fully saturated rings. The van der Waals surface area contributed by atoms with Crippen LogP contribution in [0.3, 0.4) is 0 Å². The lowest BCUT2D eigenvalue weighted by molar-refractivity contribution is -0.141. The molecule has 0 spiro atoms. The van der Waals surface area contributed by atoms with Crippen LogP contribution in [0.25, 0.3) is 0 Å². The fourth-order valence-corrected chi connectivity index (χ4v) is 2.69. The highest BCUT2D eigenvalue weighted by atomic mass is 127. The van der Waals surface area contributed by atoms with Crippen LogP contribution in [0.15, 0.2) is 34.6 Å². The molecular formula is C15H15F6IN4S. The number of guanidine groups is 1. The number of aromatic nitrogens is 1. The topological polar surface area (TPSA) is 49.3 Å². The summed E-state index contributed by atoms with van der Waals surface area (Å²) in [5.74, 6) is 0.228. The quantitative estimate of drug-likeness (QED) is 0.265. The Morgan fingerprint density at radius 2 is 1.74 bits per heavy atom. The summed E-state index contributed by atoms with van der Waals surface area (Å²) in [6.45, 7) is 0.0677. The number of nitrogens with zero attached hydrogens (tertiary/aromatic N) is 2. The van der Waals surface area contributed by atoms with E-state index in [1.165, 1.54) is 19.2 Å². The van der Waals surface area contributed by atoms with Crippen molar-refractivity contribution in [1.29, 1.82) is 0 Å². The summed E-state index contributed by atoms with van der Waals surface area (Å²) in [6, 6.07) is 4.80. The Morgan fingerprint density at radius 3 is 2.30 bits per heavy atom. The van der Waals surface area contributed by atoms with Crippen LogP contribution in [0.2, 0.25) is 0 Å². The third-order valence-electron chi connectivity index (χ3n) is 3.19. The van der Waals surface area contributed by atoms with E-state index in [9.17, 15) is 26.3 Å². The van der Waals surface area contributed by atoms with Crippen LogP contribution >= 0.6 is 35.3 Å². The first-order chi connectivity index (χ1) is 12.1. The molecule has 2 rings (SSSR count).